The average Bonchev–Trinajstić information content (AvgIpc) is 2.69. The zero-order valence-electron chi connectivity index (χ0n) is 16.2. The first-order valence-electron chi connectivity index (χ1n) is 8.93. The molecule has 2 aromatic carbocycles. The molecule has 0 fully saturated rings. The molecule has 2 aromatic rings. The molecule has 8 nitrogen and oxygen atoms in total. The van der Waals surface area contributed by atoms with Crippen molar-refractivity contribution in [2.24, 2.45) is 0 Å². The number of para-hydroxylation sites is 1. The van der Waals surface area contributed by atoms with Gasteiger partial charge in [-0.3, -0.25) is 19.8 Å². The zero-order valence-corrected chi connectivity index (χ0v) is 16.2. The van der Waals surface area contributed by atoms with Gasteiger partial charge in [-0.15, -0.1) is 0 Å². The number of imide groups is 1. The van der Waals surface area contributed by atoms with Crippen molar-refractivity contribution in [2.75, 3.05) is 37.4 Å². The molecule has 3 N–H and O–H groups in total. The number of anilines is 2. The van der Waals surface area contributed by atoms with E-state index in [9.17, 15) is 18.8 Å². The van der Waals surface area contributed by atoms with Crippen LogP contribution in [0.25, 0.3) is 0 Å². The summed E-state index contributed by atoms with van der Waals surface area (Å²) in [5.41, 5.74) is 0.560. The summed E-state index contributed by atoms with van der Waals surface area (Å²) in [6.07, 6.45) is 0. The number of nitrogens with zero attached hydrogens (tertiary/aromatic N) is 1. The van der Waals surface area contributed by atoms with Gasteiger partial charge in [0.15, 0.2) is 0 Å². The third kappa shape index (κ3) is 7.23. The van der Waals surface area contributed by atoms with Gasteiger partial charge in [-0.25, -0.2) is 9.18 Å². The van der Waals surface area contributed by atoms with Gasteiger partial charge in [0.05, 0.1) is 25.9 Å². The van der Waals surface area contributed by atoms with Crippen LogP contribution in [0.4, 0.5) is 20.6 Å². The Balaban J connectivity index is 1.81. The predicted molar refractivity (Wildman–Crippen MR) is 107 cm³/mol. The normalized spacial score (nSPS) is 10.3. The van der Waals surface area contributed by atoms with Crippen molar-refractivity contribution in [1.82, 2.24) is 10.2 Å². The molecule has 0 aliphatic rings. The van der Waals surface area contributed by atoms with Crippen LogP contribution in [0.2, 0.25) is 0 Å². The summed E-state index contributed by atoms with van der Waals surface area (Å²) < 4.78 is 18.6. The molecular weight excluding hydrogens is 379 g/mol. The first kappa shape index (κ1) is 21.8. The number of carbonyl (C=O) groups excluding carboxylic acids is 3. The van der Waals surface area contributed by atoms with Gasteiger partial charge >= 0.3 is 6.03 Å². The van der Waals surface area contributed by atoms with Crippen molar-refractivity contribution in [2.45, 2.75) is 6.92 Å². The van der Waals surface area contributed by atoms with Gasteiger partial charge in [-0.1, -0.05) is 19.1 Å². The zero-order chi connectivity index (χ0) is 21.2. The number of benzene rings is 2. The number of nitrogens with one attached hydrogen (secondary N) is 3. The minimum Gasteiger partial charge on any atom is -0.497 e. The number of urea groups is 1. The number of hydrogen-bond donors (Lipinski definition) is 3. The van der Waals surface area contributed by atoms with Crippen molar-refractivity contribution in [3.63, 3.8) is 0 Å². The molecule has 0 unspecified atom stereocenters. The molecule has 0 aliphatic heterocycles. The van der Waals surface area contributed by atoms with Crippen LogP contribution in [0.1, 0.15) is 6.92 Å². The fraction of sp³-hybridized carbons (Fsp3) is 0.250. The van der Waals surface area contributed by atoms with Gasteiger partial charge in [0.2, 0.25) is 11.8 Å². The molecule has 0 aromatic heterocycles. The first-order valence-corrected chi connectivity index (χ1v) is 8.93. The van der Waals surface area contributed by atoms with Crippen LogP contribution < -0.4 is 20.7 Å². The van der Waals surface area contributed by atoms with Crippen LogP contribution in [0.15, 0.2) is 48.5 Å². The van der Waals surface area contributed by atoms with Gasteiger partial charge in [0.25, 0.3) is 0 Å². The summed E-state index contributed by atoms with van der Waals surface area (Å²) in [7, 11) is 1.55. The molecule has 0 spiro atoms. The van der Waals surface area contributed by atoms with E-state index in [0.717, 1.165) is 0 Å². The van der Waals surface area contributed by atoms with E-state index in [1.54, 1.807) is 49.3 Å². The highest BCUT2D eigenvalue weighted by atomic mass is 19.1. The lowest BCUT2D eigenvalue weighted by Gasteiger charge is -2.19. The van der Waals surface area contributed by atoms with Crippen molar-refractivity contribution in [3.05, 3.63) is 54.3 Å². The minimum atomic E-state index is -0.848. The van der Waals surface area contributed by atoms with Crippen LogP contribution in [0.3, 0.4) is 0 Å². The molecule has 0 aliphatic carbocycles. The maximum atomic E-state index is 13.5. The third-order valence-corrected chi connectivity index (χ3v) is 3.93. The summed E-state index contributed by atoms with van der Waals surface area (Å²) in [4.78, 5) is 37.6. The van der Waals surface area contributed by atoms with Crippen LogP contribution in [-0.2, 0) is 9.59 Å². The van der Waals surface area contributed by atoms with E-state index in [4.69, 9.17) is 4.74 Å². The SMILES string of the molecule is CCN(CC(=O)NC(=O)Nc1ccccc1F)CC(=O)Nc1ccc(OC)cc1. The van der Waals surface area contributed by atoms with Crippen molar-refractivity contribution in [3.8, 4) is 5.75 Å². The van der Waals surface area contributed by atoms with Gasteiger partial charge in [0.1, 0.15) is 11.6 Å². The van der Waals surface area contributed by atoms with E-state index in [-0.39, 0.29) is 24.7 Å². The Bertz CT molecular complexity index is 858. The second-order valence-electron chi connectivity index (χ2n) is 6.06. The van der Waals surface area contributed by atoms with Gasteiger partial charge in [-0.2, -0.15) is 0 Å². The second kappa shape index (κ2) is 10.8. The Labute approximate surface area is 168 Å². The van der Waals surface area contributed by atoms with Gasteiger partial charge < -0.3 is 15.4 Å². The lowest BCUT2D eigenvalue weighted by molar-refractivity contribution is -0.122. The van der Waals surface area contributed by atoms with Crippen molar-refractivity contribution >= 4 is 29.2 Å². The van der Waals surface area contributed by atoms with Crippen LogP contribution in [-0.4, -0.2) is 49.5 Å². The molecule has 9 heteroatoms. The Kier molecular flexibility index (Phi) is 8.11. The predicted octanol–water partition coefficient (Wildman–Crippen LogP) is 2.44. The highest BCUT2D eigenvalue weighted by molar-refractivity contribution is 6.02. The summed E-state index contributed by atoms with van der Waals surface area (Å²) >= 11 is 0. The summed E-state index contributed by atoms with van der Waals surface area (Å²) in [6, 6.07) is 11.6. The molecule has 0 radical (unpaired) electrons. The summed E-state index contributed by atoms with van der Waals surface area (Å²) in [5, 5.41) is 7.10. The number of methoxy groups -OCH3 is 1. The van der Waals surface area contributed by atoms with E-state index >= 15 is 0 Å². The largest absolute Gasteiger partial charge is 0.497 e. The Morgan fingerprint density at radius 1 is 0.966 bits per heavy atom. The Morgan fingerprint density at radius 3 is 2.24 bits per heavy atom. The Morgan fingerprint density at radius 2 is 1.62 bits per heavy atom. The quantitative estimate of drug-likeness (QED) is 0.630. The minimum absolute atomic E-state index is 0.0368. The molecule has 29 heavy (non-hydrogen) atoms. The number of likely N-dealkylation sites (N-methyl/N-ethyl adjacent to an activating group) is 1. The number of rotatable bonds is 8. The maximum Gasteiger partial charge on any atom is 0.326 e. The number of ether oxygens (including phenoxy) is 1. The highest BCUT2D eigenvalue weighted by Crippen LogP contribution is 2.15. The molecule has 0 saturated carbocycles. The molecule has 0 saturated heterocycles. The van der Waals surface area contributed by atoms with E-state index in [1.165, 1.54) is 18.2 Å². The fourth-order valence-corrected chi connectivity index (χ4v) is 2.44. The number of hydrogen-bond acceptors (Lipinski definition) is 5. The molecular formula is C20H23FN4O4. The molecule has 4 amide bonds. The first-order chi connectivity index (χ1) is 13.9. The maximum absolute atomic E-state index is 13.5. The highest BCUT2D eigenvalue weighted by Gasteiger charge is 2.16. The number of halogens is 1. The van der Waals surface area contributed by atoms with Crippen LogP contribution >= 0.6 is 0 Å². The fourth-order valence-electron chi connectivity index (χ4n) is 2.44. The van der Waals surface area contributed by atoms with E-state index in [2.05, 4.69) is 16.0 Å². The van der Waals surface area contributed by atoms with Crippen LogP contribution in [0.5, 0.6) is 5.75 Å². The molecule has 0 bridgehead atoms. The molecule has 0 heterocycles. The summed E-state index contributed by atoms with van der Waals surface area (Å²) in [6.45, 7) is 1.99. The number of amides is 4. The lowest BCUT2D eigenvalue weighted by Crippen LogP contribution is -2.44. The molecule has 0 atom stereocenters. The molecule has 154 valence electrons. The number of carbonyl (C=O) groups is 3. The second-order valence-corrected chi connectivity index (χ2v) is 6.06. The summed E-state index contributed by atoms with van der Waals surface area (Å²) in [5.74, 6) is -0.859. The van der Waals surface area contributed by atoms with Crippen molar-refractivity contribution in [1.29, 1.82) is 0 Å². The standard InChI is InChI=1S/C20H23FN4O4/c1-3-25(12-18(26)22-14-8-10-15(29-2)11-9-14)13-19(27)24-20(28)23-17-7-5-4-6-16(17)21/h4-11H,3,12-13H2,1-2H3,(H,22,26)(H2,23,24,27,28). The van der Waals surface area contributed by atoms with E-state index in [0.29, 0.717) is 18.0 Å². The van der Waals surface area contributed by atoms with E-state index < -0.39 is 17.8 Å². The lowest BCUT2D eigenvalue weighted by atomic mass is 10.3. The monoisotopic (exact) mass is 402 g/mol. The van der Waals surface area contributed by atoms with Gasteiger partial charge in [-0.05, 0) is 42.9 Å². The topological polar surface area (TPSA) is 99.8 Å². The molecule has 2 rings (SSSR count). The third-order valence-electron chi connectivity index (χ3n) is 3.93. The Hall–Kier alpha value is -3.46. The van der Waals surface area contributed by atoms with E-state index in [1.807, 2.05) is 0 Å². The van der Waals surface area contributed by atoms with Crippen LogP contribution in [0, 0.1) is 5.82 Å². The van der Waals surface area contributed by atoms with Crippen molar-refractivity contribution < 1.29 is 23.5 Å². The average molecular weight is 402 g/mol. The van der Waals surface area contributed by atoms with Gasteiger partial charge in [0, 0.05) is 5.69 Å². The smallest absolute Gasteiger partial charge is 0.326 e.